The van der Waals surface area contributed by atoms with Crippen molar-refractivity contribution in [2.75, 3.05) is 0 Å². The number of hydrogen-bond donors (Lipinski definition) is 2. The second-order valence-corrected chi connectivity index (χ2v) is 16.8. The third kappa shape index (κ3) is 9.67. The van der Waals surface area contributed by atoms with E-state index in [1.807, 2.05) is 0 Å². The van der Waals surface area contributed by atoms with Gasteiger partial charge in [0.2, 0.25) is 0 Å². The number of nitrogens with one attached hydrogen (secondary N) is 2. The summed E-state index contributed by atoms with van der Waals surface area (Å²) in [5, 5.41) is 7.35. The average Bonchev–Trinajstić information content (AvgIpc) is 3.62. The quantitative estimate of drug-likeness (QED) is 0.132. The van der Waals surface area contributed by atoms with Crippen LogP contribution in [0.2, 0.25) is 0 Å². The Kier molecular flexibility index (Phi) is 11.5. The summed E-state index contributed by atoms with van der Waals surface area (Å²) in [6.45, 7) is 9.53. The number of aromatic amines is 2. The fourth-order valence-corrected chi connectivity index (χ4v) is 7.71. The second-order valence-electron chi connectivity index (χ2n) is 16.8. The first kappa shape index (κ1) is 45.8. The molecule has 0 fully saturated rings. The maximum Gasteiger partial charge on any atom is 0.416 e. The summed E-state index contributed by atoms with van der Waals surface area (Å²) in [5.74, 6) is -0.123. The molecule has 22 heteroatoms. The second kappa shape index (κ2) is 15.6. The van der Waals surface area contributed by atoms with Crippen LogP contribution in [-0.4, -0.2) is 51.8 Å². The summed E-state index contributed by atoms with van der Waals surface area (Å²) in [7, 11) is 0. The highest BCUT2D eigenvalue weighted by molar-refractivity contribution is 5.78. The molecule has 0 radical (unpaired) electrons. The number of aryl methyl sites for hydroxylation is 2. The van der Waals surface area contributed by atoms with Crippen molar-refractivity contribution in [2.45, 2.75) is 104 Å². The molecule has 0 aliphatic rings. The normalized spacial score (nSPS) is 14.5. The third-order valence-electron chi connectivity index (χ3n) is 10.3. The number of rotatable bonds is 10. The molecule has 334 valence electrons. The highest BCUT2D eigenvalue weighted by Crippen LogP contribution is 2.44. The van der Waals surface area contributed by atoms with E-state index in [1.54, 1.807) is 34.6 Å². The Hall–Kier alpha value is -5.70. The molecule has 4 aromatic heterocycles. The number of aromatic nitrogens is 8. The average molecular weight is 891 g/mol. The molecule has 0 spiro atoms. The Morgan fingerprint density at radius 3 is 1.40 bits per heavy atom. The van der Waals surface area contributed by atoms with Crippen LogP contribution >= 0.6 is 0 Å². The Morgan fingerprint density at radius 2 is 0.984 bits per heavy atom. The van der Waals surface area contributed by atoms with Crippen LogP contribution in [-0.2, 0) is 31.6 Å². The van der Waals surface area contributed by atoms with E-state index in [2.05, 4.69) is 30.1 Å². The zero-order valence-electron chi connectivity index (χ0n) is 33.6. The predicted molar refractivity (Wildman–Crippen MR) is 201 cm³/mol. The molecule has 4 heterocycles. The molecule has 6 aromatic rings. The van der Waals surface area contributed by atoms with Gasteiger partial charge in [0.05, 0.1) is 47.4 Å². The Labute approximate surface area is 343 Å². The van der Waals surface area contributed by atoms with E-state index in [0.717, 1.165) is 57.9 Å². The van der Waals surface area contributed by atoms with Crippen molar-refractivity contribution in [3.05, 3.63) is 115 Å². The van der Waals surface area contributed by atoms with Gasteiger partial charge in [-0.05, 0) is 59.6 Å². The van der Waals surface area contributed by atoms with Crippen molar-refractivity contribution in [3.8, 4) is 0 Å². The lowest BCUT2D eigenvalue weighted by molar-refractivity contribution is -0.138. The van der Waals surface area contributed by atoms with Crippen LogP contribution in [0.3, 0.4) is 0 Å². The highest BCUT2D eigenvalue weighted by atomic mass is 19.4. The molecular formula is C40H38F12N8O2. The van der Waals surface area contributed by atoms with Crippen molar-refractivity contribution in [1.29, 1.82) is 0 Å². The number of halogens is 12. The van der Waals surface area contributed by atoms with E-state index in [1.165, 1.54) is 6.92 Å². The molecule has 2 N–H and O–H groups in total. The van der Waals surface area contributed by atoms with Crippen molar-refractivity contribution in [1.82, 2.24) is 39.5 Å². The van der Waals surface area contributed by atoms with Crippen molar-refractivity contribution >= 4 is 22.1 Å². The lowest BCUT2D eigenvalue weighted by Gasteiger charge is -2.35. The maximum atomic E-state index is 13.9. The van der Waals surface area contributed by atoms with Gasteiger partial charge in [0, 0.05) is 6.42 Å². The monoisotopic (exact) mass is 890 g/mol. The number of benzene rings is 2. The van der Waals surface area contributed by atoms with Crippen LogP contribution in [0.5, 0.6) is 0 Å². The molecule has 2 atom stereocenters. The van der Waals surface area contributed by atoms with Gasteiger partial charge in [0.1, 0.15) is 22.4 Å². The minimum Gasteiger partial charge on any atom is -0.310 e. The summed E-state index contributed by atoms with van der Waals surface area (Å²) in [6, 6.07) is 5.33. The third-order valence-corrected chi connectivity index (χ3v) is 10.3. The first-order chi connectivity index (χ1) is 28.3. The van der Waals surface area contributed by atoms with Crippen LogP contribution in [0.1, 0.15) is 98.4 Å². The van der Waals surface area contributed by atoms with Gasteiger partial charge in [-0.2, -0.15) is 62.9 Å². The van der Waals surface area contributed by atoms with E-state index < -0.39 is 105 Å². The maximum absolute atomic E-state index is 13.9. The lowest BCUT2D eigenvalue weighted by Crippen LogP contribution is -2.31. The SMILES string of the molecule is Cc1nc2c(c(CC(F)(F)F)nn2C(c2ccc(C(F)(F)F)cc2)C(C)(C)CCc2nc3c(c(CC(F)(F)F)nn3C(c3ccc(C(F)(F)F)cc3)C(C)(C)C)c(=O)[nH]2)c(=O)[nH]1. The first-order valence-electron chi connectivity index (χ1n) is 18.8. The molecule has 0 saturated carbocycles. The molecule has 62 heavy (non-hydrogen) atoms. The molecular weight excluding hydrogens is 852 g/mol. The van der Waals surface area contributed by atoms with Crippen LogP contribution in [0.15, 0.2) is 58.1 Å². The van der Waals surface area contributed by atoms with Crippen LogP contribution in [0.4, 0.5) is 52.7 Å². The number of alkyl halides is 12. The Balaban J connectivity index is 1.50. The van der Waals surface area contributed by atoms with Gasteiger partial charge < -0.3 is 9.97 Å². The molecule has 0 saturated heterocycles. The number of hydrogen-bond acceptors (Lipinski definition) is 6. The molecule has 2 unspecified atom stereocenters. The molecule has 0 bridgehead atoms. The number of H-pyrrole nitrogens is 2. The van der Waals surface area contributed by atoms with Gasteiger partial charge in [-0.1, -0.05) is 58.9 Å². The van der Waals surface area contributed by atoms with Crippen LogP contribution in [0.25, 0.3) is 22.1 Å². The Morgan fingerprint density at radius 1 is 0.581 bits per heavy atom. The van der Waals surface area contributed by atoms with Gasteiger partial charge in [-0.25, -0.2) is 19.3 Å². The molecule has 6 rings (SSSR count). The molecule has 2 aromatic carbocycles. The zero-order chi connectivity index (χ0) is 46.1. The summed E-state index contributed by atoms with van der Waals surface area (Å²) in [6.07, 6.45) is -22.7. The molecule has 0 amide bonds. The van der Waals surface area contributed by atoms with E-state index >= 15 is 0 Å². The number of fused-ring (bicyclic) bond motifs is 2. The summed E-state index contributed by atoms with van der Waals surface area (Å²) < 4.78 is 167. The van der Waals surface area contributed by atoms with Gasteiger partial charge in [0.15, 0.2) is 11.3 Å². The molecule has 0 aliphatic heterocycles. The first-order valence-corrected chi connectivity index (χ1v) is 18.8. The fraction of sp³-hybridized carbons (Fsp3) is 0.450. The van der Waals surface area contributed by atoms with Crippen LogP contribution in [0, 0.1) is 17.8 Å². The lowest BCUT2D eigenvalue weighted by atomic mass is 9.76. The number of nitrogens with zero attached hydrogens (tertiary/aromatic N) is 6. The van der Waals surface area contributed by atoms with Crippen LogP contribution < -0.4 is 11.1 Å². The summed E-state index contributed by atoms with van der Waals surface area (Å²) in [5.41, 5.74) is -7.91. The Bertz CT molecular complexity index is 2710. The van der Waals surface area contributed by atoms with Gasteiger partial charge in [-0.3, -0.25) is 9.59 Å². The fourth-order valence-electron chi connectivity index (χ4n) is 7.71. The largest absolute Gasteiger partial charge is 0.416 e. The minimum absolute atomic E-state index is 0.00683. The van der Waals surface area contributed by atoms with E-state index in [0.29, 0.717) is 0 Å². The zero-order valence-corrected chi connectivity index (χ0v) is 33.6. The highest BCUT2D eigenvalue weighted by Gasteiger charge is 2.41. The molecule has 10 nitrogen and oxygen atoms in total. The van der Waals surface area contributed by atoms with Crippen molar-refractivity contribution < 1.29 is 52.7 Å². The molecule has 0 aliphatic carbocycles. The van der Waals surface area contributed by atoms with Gasteiger partial charge in [0.25, 0.3) is 11.1 Å². The van der Waals surface area contributed by atoms with E-state index in [4.69, 9.17) is 0 Å². The van der Waals surface area contributed by atoms with E-state index in [-0.39, 0.29) is 46.9 Å². The standard InChI is InChI=1S/C40H38F12N8O2/c1-19-53-31-27(33(61)54-19)24(17-37(41,42)43)58-60(31)30(21-9-13-23(14-10-21)40(50,51)52)36(5,6)16-15-26-55-32-28(34(62)56-26)25(18-38(44,45)46)57-59(32)29(35(2,3)4)20-7-11-22(12-8-20)39(47,48)49/h7-14,29-30H,15-18H2,1-6H3,(H,53,54,61)(H,55,56,62). The smallest absolute Gasteiger partial charge is 0.310 e. The van der Waals surface area contributed by atoms with Crippen molar-refractivity contribution in [2.24, 2.45) is 10.8 Å². The summed E-state index contributed by atoms with van der Waals surface area (Å²) >= 11 is 0. The topological polar surface area (TPSA) is 127 Å². The van der Waals surface area contributed by atoms with Gasteiger partial charge >= 0.3 is 24.7 Å². The van der Waals surface area contributed by atoms with Crippen molar-refractivity contribution in [3.63, 3.8) is 0 Å². The summed E-state index contributed by atoms with van der Waals surface area (Å²) in [4.78, 5) is 40.5. The predicted octanol–water partition coefficient (Wildman–Crippen LogP) is 9.99. The van der Waals surface area contributed by atoms with E-state index in [9.17, 15) is 62.3 Å². The van der Waals surface area contributed by atoms with Gasteiger partial charge in [-0.15, -0.1) is 0 Å². The minimum atomic E-state index is -4.85.